The van der Waals surface area contributed by atoms with Gasteiger partial charge in [-0.25, -0.2) is 4.79 Å². The van der Waals surface area contributed by atoms with Crippen molar-refractivity contribution >= 4 is 23.5 Å². The molecule has 1 aromatic rings. The molecule has 1 fully saturated rings. The van der Waals surface area contributed by atoms with Crippen molar-refractivity contribution in [2.75, 3.05) is 12.4 Å². The Balaban J connectivity index is 1.93. The molecule has 0 spiro atoms. The van der Waals surface area contributed by atoms with Crippen molar-refractivity contribution in [2.24, 2.45) is 0 Å². The van der Waals surface area contributed by atoms with Crippen LogP contribution in [0.2, 0.25) is 0 Å². The molecule has 0 radical (unpaired) electrons. The van der Waals surface area contributed by atoms with E-state index in [2.05, 4.69) is 5.32 Å². The smallest absolute Gasteiger partial charge is 0.329 e. The van der Waals surface area contributed by atoms with E-state index in [1.54, 1.807) is 19.2 Å². The lowest BCUT2D eigenvalue weighted by molar-refractivity contribution is -0.161. The van der Waals surface area contributed by atoms with Crippen LogP contribution >= 0.6 is 0 Å². The summed E-state index contributed by atoms with van der Waals surface area (Å²) in [7, 11) is 1.57. The molecule has 24 heavy (non-hydrogen) atoms. The number of carboxylic acids is 1. The number of amides is 2. The van der Waals surface area contributed by atoms with Crippen molar-refractivity contribution in [3.63, 3.8) is 0 Å². The van der Waals surface area contributed by atoms with Crippen LogP contribution in [0.25, 0.3) is 0 Å². The minimum Gasteiger partial charge on any atom is -0.479 e. The highest BCUT2D eigenvalue weighted by Gasteiger charge is 2.47. The van der Waals surface area contributed by atoms with Crippen molar-refractivity contribution in [3.8, 4) is 0 Å². The second kappa shape index (κ2) is 6.26. The van der Waals surface area contributed by atoms with Gasteiger partial charge < -0.3 is 15.3 Å². The molecule has 0 bridgehead atoms. The Kier molecular flexibility index (Phi) is 4.30. The van der Waals surface area contributed by atoms with Gasteiger partial charge in [-0.2, -0.15) is 0 Å². The molecular formula is C18H22N2O4. The Morgan fingerprint density at radius 3 is 2.54 bits per heavy atom. The predicted octanol–water partition coefficient (Wildman–Crippen LogP) is 2.36. The maximum absolute atomic E-state index is 13.1. The van der Waals surface area contributed by atoms with Crippen molar-refractivity contribution in [1.82, 2.24) is 4.90 Å². The van der Waals surface area contributed by atoms with E-state index in [1.807, 2.05) is 12.1 Å². The number of hydrogen-bond acceptors (Lipinski definition) is 3. The SMILES string of the molecule is CN(C(=O)C1CC(=O)Nc2ccccc21)C1(C(=O)O)CCCCC1. The molecule has 1 heterocycles. The Morgan fingerprint density at radius 1 is 1.21 bits per heavy atom. The third-order valence-electron chi connectivity index (χ3n) is 5.35. The lowest BCUT2D eigenvalue weighted by Crippen LogP contribution is -2.57. The van der Waals surface area contributed by atoms with Crippen LogP contribution in [0, 0.1) is 0 Å². The fourth-order valence-electron chi connectivity index (χ4n) is 3.91. The fourth-order valence-corrected chi connectivity index (χ4v) is 3.91. The maximum Gasteiger partial charge on any atom is 0.329 e. The molecule has 1 atom stereocenters. The monoisotopic (exact) mass is 330 g/mol. The zero-order valence-electron chi connectivity index (χ0n) is 13.7. The second-order valence-electron chi connectivity index (χ2n) is 6.69. The van der Waals surface area contributed by atoms with Crippen LogP contribution in [0.5, 0.6) is 0 Å². The van der Waals surface area contributed by atoms with Gasteiger partial charge in [-0.3, -0.25) is 9.59 Å². The number of para-hydroxylation sites is 1. The van der Waals surface area contributed by atoms with Gasteiger partial charge in [-0.1, -0.05) is 37.5 Å². The molecule has 1 aliphatic heterocycles. The standard InChI is InChI=1S/C18H22N2O4/c1-20(18(17(23)24)9-5-2-6-10-18)16(22)13-11-15(21)19-14-8-4-3-7-12(13)14/h3-4,7-8,13H,2,5-6,9-11H2,1H3,(H,19,21)(H,23,24). The third kappa shape index (κ3) is 2.66. The molecule has 1 saturated carbocycles. The number of anilines is 1. The van der Waals surface area contributed by atoms with Crippen LogP contribution in [0.1, 0.15) is 50.0 Å². The van der Waals surface area contributed by atoms with E-state index in [0.717, 1.165) is 24.8 Å². The molecule has 3 rings (SSSR count). The summed E-state index contributed by atoms with van der Waals surface area (Å²) in [5.41, 5.74) is 0.233. The summed E-state index contributed by atoms with van der Waals surface area (Å²) in [5.74, 6) is -2.08. The zero-order chi connectivity index (χ0) is 17.3. The zero-order valence-corrected chi connectivity index (χ0v) is 13.7. The Morgan fingerprint density at radius 2 is 1.88 bits per heavy atom. The topological polar surface area (TPSA) is 86.7 Å². The quantitative estimate of drug-likeness (QED) is 0.891. The predicted molar refractivity (Wildman–Crippen MR) is 88.7 cm³/mol. The van der Waals surface area contributed by atoms with Gasteiger partial charge in [-0.15, -0.1) is 0 Å². The highest BCUT2D eigenvalue weighted by Crippen LogP contribution is 2.38. The summed E-state index contributed by atoms with van der Waals surface area (Å²) in [5, 5.41) is 12.5. The number of likely N-dealkylation sites (N-methyl/N-ethyl adjacent to an activating group) is 1. The van der Waals surface area contributed by atoms with Gasteiger partial charge in [0.05, 0.1) is 5.92 Å². The lowest BCUT2D eigenvalue weighted by Gasteiger charge is -2.42. The number of aliphatic carboxylic acids is 1. The van der Waals surface area contributed by atoms with Crippen LogP contribution in [0.4, 0.5) is 5.69 Å². The first-order valence-electron chi connectivity index (χ1n) is 8.35. The molecule has 1 aliphatic carbocycles. The number of carbonyl (C=O) groups excluding carboxylic acids is 2. The van der Waals surface area contributed by atoms with E-state index in [4.69, 9.17) is 0 Å². The molecule has 128 valence electrons. The summed E-state index contributed by atoms with van der Waals surface area (Å²) in [6, 6.07) is 7.21. The fraction of sp³-hybridized carbons (Fsp3) is 0.500. The van der Waals surface area contributed by atoms with Crippen molar-refractivity contribution in [2.45, 2.75) is 50.0 Å². The van der Waals surface area contributed by atoms with Crippen LogP contribution in [-0.2, 0) is 14.4 Å². The van der Waals surface area contributed by atoms with Crippen LogP contribution < -0.4 is 5.32 Å². The molecule has 6 nitrogen and oxygen atoms in total. The van der Waals surface area contributed by atoms with E-state index in [-0.39, 0.29) is 18.2 Å². The first kappa shape index (κ1) is 16.5. The highest BCUT2D eigenvalue weighted by atomic mass is 16.4. The molecule has 0 aromatic heterocycles. The van der Waals surface area contributed by atoms with Crippen LogP contribution in [0.3, 0.4) is 0 Å². The Bertz CT molecular complexity index is 679. The number of nitrogens with zero attached hydrogens (tertiary/aromatic N) is 1. The number of rotatable bonds is 3. The first-order valence-corrected chi connectivity index (χ1v) is 8.35. The first-order chi connectivity index (χ1) is 11.5. The summed E-state index contributed by atoms with van der Waals surface area (Å²) in [6.45, 7) is 0. The summed E-state index contributed by atoms with van der Waals surface area (Å²) >= 11 is 0. The van der Waals surface area contributed by atoms with Gasteiger partial charge in [0, 0.05) is 19.2 Å². The lowest BCUT2D eigenvalue weighted by atomic mass is 9.79. The molecule has 2 N–H and O–H groups in total. The highest BCUT2D eigenvalue weighted by molar-refractivity contribution is 6.02. The second-order valence-corrected chi connectivity index (χ2v) is 6.69. The van der Waals surface area contributed by atoms with Crippen molar-refractivity contribution in [1.29, 1.82) is 0 Å². The van der Waals surface area contributed by atoms with E-state index in [0.29, 0.717) is 18.5 Å². The summed E-state index contributed by atoms with van der Waals surface area (Å²) < 4.78 is 0. The number of nitrogens with one attached hydrogen (secondary N) is 1. The molecular weight excluding hydrogens is 308 g/mol. The van der Waals surface area contributed by atoms with Gasteiger partial charge in [0.2, 0.25) is 11.8 Å². The number of hydrogen-bond donors (Lipinski definition) is 2. The molecule has 1 unspecified atom stereocenters. The summed E-state index contributed by atoms with van der Waals surface area (Å²) in [4.78, 5) is 38.4. The largest absolute Gasteiger partial charge is 0.479 e. The Hall–Kier alpha value is -2.37. The molecule has 2 amide bonds. The number of benzene rings is 1. The van der Waals surface area contributed by atoms with Gasteiger partial charge in [-0.05, 0) is 24.5 Å². The maximum atomic E-state index is 13.1. The molecule has 6 heteroatoms. The minimum atomic E-state index is -1.15. The van der Waals surface area contributed by atoms with Gasteiger partial charge in [0.15, 0.2) is 0 Å². The normalized spacial score (nSPS) is 22.2. The molecule has 1 aromatic carbocycles. The third-order valence-corrected chi connectivity index (χ3v) is 5.35. The van der Waals surface area contributed by atoms with E-state index >= 15 is 0 Å². The van der Waals surface area contributed by atoms with Crippen LogP contribution in [-0.4, -0.2) is 40.4 Å². The van der Waals surface area contributed by atoms with E-state index in [9.17, 15) is 19.5 Å². The van der Waals surface area contributed by atoms with Crippen LogP contribution in [0.15, 0.2) is 24.3 Å². The molecule has 2 aliphatic rings. The van der Waals surface area contributed by atoms with Crippen molar-refractivity contribution < 1.29 is 19.5 Å². The number of fused-ring (bicyclic) bond motifs is 1. The average Bonchev–Trinajstić information content (AvgIpc) is 2.60. The van der Waals surface area contributed by atoms with Gasteiger partial charge in [0.1, 0.15) is 5.54 Å². The number of carboxylic acid groups (broad SMARTS) is 1. The Labute approximate surface area is 140 Å². The number of carbonyl (C=O) groups is 3. The van der Waals surface area contributed by atoms with Crippen molar-refractivity contribution in [3.05, 3.63) is 29.8 Å². The van der Waals surface area contributed by atoms with Gasteiger partial charge >= 0.3 is 5.97 Å². The van der Waals surface area contributed by atoms with Gasteiger partial charge in [0.25, 0.3) is 0 Å². The molecule has 0 saturated heterocycles. The van der Waals surface area contributed by atoms with E-state index < -0.39 is 17.4 Å². The summed E-state index contributed by atoms with van der Waals surface area (Å²) in [6.07, 6.45) is 3.56. The minimum absolute atomic E-state index is 0.0515. The average molecular weight is 330 g/mol. The van der Waals surface area contributed by atoms with E-state index in [1.165, 1.54) is 4.90 Å².